The number of nitrogens with zero attached hydrogens (tertiary/aromatic N) is 2. The summed E-state index contributed by atoms with van der Waals surface area (Å²) < 4.78 is 12.3. The molecule has 0 saturated carbocycles. The summed E-state index contributed by atoms with van der Waals surface area (Å²) in [6.07, 6.45) is 12.0. The monoisotopic (exact) mass is 578 g/mol. The van der Waals surface area contributed by atoms with Gasteiger partial charge in [0.15, 0.2) is 0 Å². The molecule has 0 spiro atoms. The fraction of sp³-hybridized carbons (Fsp3) is 0.632. The van der Waals surface area contributed by atoms with Gasteiger partial charge in [-0.25, -0.2) is 0 Å². The van der Waals surface area contributed by atoms with Gasteiger partial charge in [0, 0.05) is 13.1 Å². The van der Waals surface area contributed by atoms with Crippen molar-refractivity contribution in [1.82, 2.24) is 9.80 Å². The third-order valence-electron chi connectivity index (χ3n) is 8.14. The second-order valence-electron chi connectivity index (χ2n) is 11.5. The molecule has 2 aromatic carbocycles. The van der Waals surface area contributed by atoms with Crippen LogP contribution in [0.5, 0.6) is 11.5 Å². The van der Waals surface area contributed by atoms with Gasteiger partial charge in [-0.3, -0.25) is 9.80 Å². The van der Waals surface area contributed by atoms with E-state index in [-0.39, 0.29) is 0 Å². The highest BCUT2D eigenvalue weighted by molar-refractivity contribution is 5.90. The second kappa shape index (κ2) is 22.3. The van der Waals surface area contributed by atoms with E-state index in [9.17, 15) is 0 Å². The van der Waals surface area contributed by atoms with Crippen LogP contribution < -0.4 is 9.47 Å². The van der Waals surface area contributed by atoms with Gasteiger partial charge >= 0.3 is 0 Å². The third kappa shape index (κ3) is 13.3. The highest BCUT2D eigenvalue weighted by atomic mass is 16.5. The van der Waals surface area contributed by atoms with Gasteiger partial charge in [0.1, 0.15) is 24.7 Å². The molecule has 42 heavy (non-hydrogen) atoms. The predicted octanol–water partition coefficient (Wildman–Crippen LogP) is 9.98. The van der Waals surface area contributed by atoms with Crippen molar-refractivity contribution in [3.8, 4) is 11.5 Å². The number of hydrogen-bond donors (Lipinski definition) is 0. The van der Waals surface area contributed by atoms with Gasteiger partial charge in [-0.1, -0.05) is 91.5 Å². The Hall–Kier alpha value is -2.30. The zero-order chi connectivity index (χ0) is 30.4. The van der Waals surface area contributed by atoms with Crippen LogP contribution in [-0.2, 0) is 0 Å². The van der Waals surface area contributed by atoms with Crippen molar-refractivity contribution < 1.29 is 9.47 Å². The van der Waals surface area contributed by atoms with Gasteiger partial charge in [-0.2, -0.15) is 0 Å². The van der Waals surface area contributed by atoms with E-state index < -0.39 is 0 Å². The van der Waals surface area contributed by atoms with Gasteiger partial charge in [0.25, 0.3) is 0 Å². The Bertz CT molecular complexity index is 872. The SMILES string of the molecule is CCCCN(CCCC)CCOc1ccc(/C(CC)=C(\CC)c2ccc(OCCN(CCCC)CCCC)cc2)cc1. The van der Waals surface area contributed by atoms with Gasteiger partial charge in [0.2, 0.25) is 0 Å². The van der Waals surface area contributed by atoms with E-state index in [1.807, 2.05) is 0 Å². The quantitative estimate of drug-likeness (QED) is 0.116. The molecule has 0 aliphatic rings. The normalized spacial score (nSPS) is 12.2. The largest absolute Gasteiger partial charge is 0.492 e. The smallest absolute Gasteiger partial charge is 0.119 e. The van der Waals surface area contributed by atoms with Crippen LogP contribution in [0.15, 0.2) is 48.5 Å². The first-order valence-corrected chi connectivity index (χ1v) is 17.2. The summed E-state index contributed by atoms with van der Waals surface area (Å²) in [5, 5.41) is 0. The Morgan fingerprint density at radius 1 is 0.452 bits per heavy atom. The molecule has 0 saturated heterocycles. The van der Waals surface area contributed by atoms with Crippen molar-refractivity contribution in [2.24, 2.45) is 0 Å². The van der Waals surface area contributed by atoms with E-state index in [1.54, 1.807) is 0 Å². The molecule has 2 aromatic rings. The Labute approximate surface area is 259 Å². The Morgan fingerprint density at radius 2 is 0.762 bits per heavy atom. The van der Waals surface area contributed by atoms with Crippen molar-refractivity contribution in [2.75, 3.05) is 52.5 Å². The molecule has 2 rings (SSSR count). The summed E-state index contributed by atoms with van der Waals surface area (Å²) >= 11 is 0. The van der Waals surface area contributed by atoms with Crippen LogP contribution in [0.4, 0.5) is 0 Å². The van der Waals surface area contributed by atoms with Gasteiger partial charge in [-0.15, -0.1) is 0 Å². The van der Waals surface area contributed by atoms with Gasteiger partial charge < -0.3 is 9.47 Å². The lowest BCUT2D eigenvalue weighted by atomic mass is 9.91. The molecule has 0 unspecified atom stereocenters. The fourth-order valence-electron chi connectivity index (χ4n) is 5.47. The Morgan fingerprint density at radius 3 is 1.02 bits per heavy atom. The van der Waals surface area contributed by atoms with E-state index in [0.29, 0.717) is 0 Å². The molecule has 0 radical (unpaired) electrons. The summed E-state index contributed by atoms with van der Waals surface area (Å²) in [5.74, 6) is 1.92. The molecule has 0 N–H and O–H groups in total. The first-order valence-electron chi connectivity index (χ1n) is 17.2. The van der Waals surface area contributed by atoms with Crippen LogP contribution in [0, 0.1) is 0 Å². The van der Waals surface area contributed by atoms with Crippen LogP contribution in [0.25, 0.3) is 11.1 Å². The number of hydrogen-bond acceptors (Lipinski definition) is 4. The standard InChI is InChI=1S/C38H62N2O2/c1-7-13-25-39(26-14-8-2)29-31-41-35-21-17-33(18-22-35)37(11-5)38(12-6)34-19-23-36(24-20-34)42-32-30-40(27-15-9-3)28-16-10-4/h17-24H,7-16,25-32H2,1-6H3/b38-37+. The highest BCUT2D eigenvalue weighted by Crippen LogP contribution is 2.33. The lowest BCUT2D eigenvalue weighted by Gasteiger charge is -2.22. The first-order chi connectivity index (χ1) is 20.6. The van der Waals surface area contributed by atoms with Crippen LogP contribution >= 0.6 is 0 Å². The second-order valence-corrected chi connectivity index (χ2v) is 11.5. The van der Waals surface area contributed by atoms with Gasteiger partial charge in [0.05, 0.1) is 0 Å². The maximum atomic E-state index is 6.16. The minimum absolute atomic E-state index is 0.743. The zero-order valence-electron chi connectivity index (χ0n) is 28.1. The number of allylic oxidation sites excluding steroid dienone is 2. The molecule has 236 valence electrons. The average Bonchev–Trinajstić information content (AvgIpc) is 3.02. The maximum absolute atomic E-state index is 6.16. The molecule has 0 fully saturated rings. The molecular formula is C38H62N2O2. The van der Waals surface area contributed by atoms with E-state index in [2.05, 4.69) is 99.9 Å². The minimum Gasteiger partial charge on any atom is -0.492 e. The van der Waals surface area contributed by atoms with Crippen LogP contribution in [0.2, 0.25) is 0 Å². The zero-order valence-corrected chi connectivity index (χ0v) is 28.1. The predicted molar refractivity (Wildman–Crippen MR) is 184 cm³/mol. The molecule has 0 heterocycles. The third-order valence-corrected chi connectivity index (χ3v) is 8.14. The highest BCUT2D eigenvalue weighted by Gasteiger charge is 2.11. The van der Waals surface area contributed by atoms with Crippen molar-refractivity contribution >= 4 is 11.1 Å². The topological polar surface area (TPSA) is 24.9 Å². The number of rotatable bonds is 24. The van der Waals surface area contributed by atoms with Crippen molar-refractivity contribution in [2.45, 2.75) is 106 Å². The molecule has 0 aliphatic carbocycles. The van der Waals surface area contributed by atoms with Crippen molar-refractivity contribution in [3.05, 3.63) is 59.7 Å². The minimum atomic E-state index is 0.743. The molecule has 4 nitrogen and oxygen atoms in total. The summed E-state index contributed by atoms with van der Waals surface area (Å²) in [7, 11) is 0. The Kier molecular flexibility index (Phi) is 19.0. The molecule has 0 atom stereocenters. The van der Waals surface area contributed by atoms with E-state index in [4.69, 9.17) is 9.47 Å². The average molecular weight is 579 g/mol. The number of benzene rings is 2. The molecule has 0 amide bonds. The van der Waals surface area contributed by atoms with Crippen LogP contribution in [-0.4, -0.2) is 62.3 Å². The van der Waals surface area contributed by atoms with Crippen molar-refractivity contribution in [3.63, 3.8) is 0 Å². The molecule has 4 heteroatoms. The summed E-state index contributed by atoms with van der Waals surface area (Å²) in [4.78, 5) is 5.11. The molecular weight excluding hydrogens is 516 g/mol. The summed E-state index contributed by atoms with van der Waals surface area (Å²) in [6.45, 7) is 21.8. The molecule has 0 aromatic heterocycles. The maximum Gasteiger partial charge on any atom is 0.119 e. The van der Waals surface area contributed by atoms with E-state index in [1.165, 1.54) is 99.8 Å². The fourth-order valence-corrected chi connectivity index (χ4v) is 5.47. The molecule has 0 bridgehead atoms. The number of unbranched alkanes of at least 4 members (excludes halogenated alkanes) is 4. The van der Waals surface area contributed by atoms with Crippen LogP contribution in [0.1, 0.15) is 117 Å². The number of ether oxygens (including phenoxy) is 2. The lowest BCUT2D eigenvalue weighted by molar-refractivity contribution is 0.204. The van der Waals surface area contributed by atoms with Gasteiger partial charge in [-0.05, 0) is 111 Å². The van der Waals surface area contributed by atoms with E-state index in [0.717, 1.165) is 50.6 Å². The molecule has 0 aliphatic heterocycles. The van der Waals surface area contributed by atoms with Crippen molar-refractivity contribution in [1.29, 1.82) is 0 Å². The first kappa shape index (κ1) is 35.9. The lowest BCUT2D eigenvalue weighted by Crippen LogP contribution is -2.30. The van der Waals surface area contributed by atoms with E-state index >= 15 is 0 Å². The van der Waals surface area contributed by atoms with Crippen LogP contribution in [0.3, 0.4) is 0 Å². The Balaban J connectivity index is 1.99. The summed E-state index contributed by atoms with van der Waals surface area (Å²) in [6, 6.07) is 17.5. The summed E-state index contributed by atoms with van der Waals surface area (Å²) in [5.41, 5.74) is 5.39.